The summed E-state index contributed by atoms with van der Waals surface area (Å²) in [7, 11) is 1.87. The predicted molar refractivity (Wildman–Crippen MR) is 35.1 cm³/mol. The maximum Gasteiger partial charge on any atom is 0.0672 e. The van der Waals surface area contributed by atoms with Gasteiger partial charge in [0.2, 0.25) is 0 Å². The Morgan fingerprint density at radius 1 is 1.71 bits per heavy atom. The lowest BCUT2D eigenvalue weighted by Gasteiger charge is -1.83. The van der Waals surface area contributed by atoms with E-state index in [9.17, 15) is 0 Å². The highest BCUT2D eigenvalue weighted by molar-refractivity contribution is 8.14. The van der Waals surface area contributed by atoms with Crippen LogP contribution in [0.3, 0.4) is 0 Å². The molecule has 1 aliphatic rings. The lowest BCUT2D eigenvalue weighted by atomic mass is 10.4. The predicted octanol–water partition coefficient (Wildman–Crippen LogP) is 1.54. The van der Waals surface area contributed by atoms with E-state index in [2.05, 4.69) is 4.99 Å². The fourth-order valence-electron chi connectivity index (χ4n) is 0.662. The van der Waals surface area contributed by atoms with Crippen molar-refractivity contribution >= 4 is 16.8 Å². The molecule has 1 heterocycles. The molecule has 0 atom stereocenters. The molecule has 40 valence electrons. The molecule has 0 aliphatic carbocycles. The standard InChI is InChI=1S/C5H9NS/c1-6-5-3-2-4-7-5/h2-4H2,1H3/b6-5+. The summed E-state index contributed by atoms with van der Waals surface area (Å²) < 4.78 is 0. The van der Waals surface area contributed by atoms with Crippen molar-refractivity contribution < 1.29 is 0 Å². The molecule has 0 saturated carbocycles. The summed E-state index contributed by atoms with van der Waals surface area (Å²) in [5, 5.41) is 1.33. The first-order chi connectivity index (χ1) is 3.43. The molecule has 0 radical (unpaired) electrons. The monoisotopic (exact) mass is 115 g/mol. The molecule has 0 unspecified atom stereocenters. The van der Waals surface area contributed by atoms with E-state index >= 15 is 0 Å². The number of hydrogen-bond donors (Lipinski definition) is 0. The average molecular weight is 115 g/mol. The SMILES string of the molecule is C/N=C1\CCCS1. The summed E-state index contributed by atoms with van der Waals surface area (Å²) in [5.41, 5.74) is 0. The fraction of sp³-hybridized carbons (Fsp3) is 0.800. The molecule has 1 saturated heterocycles. The molecule has 0 bridgehead atoms. The van der Waals surface area contributed by atoms with Crippen molar-refractivity contribution in [2.75, 3.05) is 12.8 Å². The van der Waals surface area contributed by atoms with Gasteiger partial charge >= 0.3 is 0 Å². The molecule has 1 fully saturated rings. The normalized spacial score (nSPS) is 26.7. The highest BCUT2D eigenvalue weighted by Crippen LogP contribution is 2.19. The van der Waals surface area contributed by atoms with E-state index in [1.54, 1.807) is 0 Å². The second-order valence-electron chi connectivity index (χ2n) is 1.57. The van der Waals surface area contributed by atoms with Gasteiger partial charge in [0.05, 0.1) is 5.04 Å². The van der Waals surface area contributed by atoms with Crippen LogP contribution in [0.5, 0.6) is 0 Å². The van der Waals surface area contributed by atoms with Crippen LogP contribution < -0.4 is 0 Å². The Morgan fingerprint density at radius 3 is 2.86 bits per heavy atom. The third kappa shape index (κ3) is 1.20. The van der Waals surface area contributed by atoms with Gasteiger partial charge in [-0.25, -0.2) is 0 Å². The van der Waals surface area contributed by atoms with Crippen molar-refractivity contribution in [1.29, 1.82) is 0 Å². The van der Waals surface area contributed by atoms with E-state index in [4.69, 9.17) is 0 Å². The molecule has 0 aromatic carbocycles. The van der Waals surface area contributed by atoms with Gasteiger partial charge in [0.1, 0.15) is 0 Å². The van der Waals surface area contributed by atoms with Gasteiger partial charge in [0, 0.05) is 7.05 Å². The Bertz CT molecular complexity index is 80.1. The van der Waals surface area contributed by atoms with Crippen molar-refractivity contribution in [3.63, 3.8) is 0 Å². The zero-order valence-corrected chi connectivity index (χ0v) is 5.29. The lowest BCUT2D eigenvalue weighted by Crippen LogP contribution is -1.78. The summed E-state index contributed by atoms with van der Waals surface area (Å²) in [5.74, 6) is 1.28. The summed E-state index contributed by atoms with van der Waals surface area (Å²) in [6.45, 7) is 0. The van der Waals surface area contributed by atoms with E-state index < -0.39 is 0 Å². The second-order valence-corrected chi connectivity index (χ2v) is 2.74. The van der Waals surface area contributed by atoms with Crippen LogP contribution in [0.4, 0.5) is 0 Å². The van der Waals surface area contributed by atoms with Crippen LogP contribution >= 0.6 is 11.8 Å². The summed E-state index contributed by atoms with van der Waals surface area (Å²) >= 11 is 1.89. The molecule has 0 aromatic heterocycles. The maximum atomic E-state index is 4.07. The van der Waals surface area contributed by atoms with E-state index in [-0.39, 0.29) is 0 Å². The number of thioether (sulfide) groups is 1. The largest absolute Gasteiger partial charge is 0.286 e. The number of nitrogens with zero attached hydrogens (tertiary/aromatic N) is 1. The van der Waals surface area contributed by atoms with Crippen molar-refractivity contribution in [1.82, 2.24) is 0 Å². The Morgan fingerprint density at radius 2 is 2.57 bits per heavy atom. The quantitative estimate of drug-likeness (QED) is 0.466. The third-order valence-corrected chi connectivity index (χ3v) is 2.27. The van der Waals surface area contributed by atoms with E-state index in [0.29, 0.717) is 0 Å². The highest BCUT2D eigenvalue weighted by Gasteiger charge is 2.05. The van der Waals surface area contributed by atoms with E-state index in [0.717, 1.165) is 0 Å². The Kier molecular flexibility index (Phi) is 1.74. The molecule has 0 spiro atoms. The fourth-order valence-corrected chi connectivity index (χ4v) is 1.60. The van der Waals surface area contributed by atoms with Crippen LogP contribution in [0.1, 0.15) is 12.8 Å². The topological polar surface area (TPSA) is 12.4 Å². The van der Waals surface area contributed by atoms with Gasteiger partial charge in [-0.15, -0.1) is 11.8 Å². The minimum absolute atomic E-state index is 1.22. The molecule has 2 heteroatoms. The lowest BCUT2D eigenvalue weighted by molar-refractivity contribution is 1.04. The minimum atomic E-state index is 1.22. The molecular weight excluding hydrogens is 106 g/mol. The number of hydrogen-bond acceptors (Lipinski definition) is 2. The summed E-state index contributed by atoms with van der Waals surface area (Å²) in [6.07, 6.45) is 2.55. The van der Waals surface area contributed by atoms with Crippen LogP contribution in [0.25, 0.3) is 0 Å². The first kappa shape index (κ1) is 5.16. The molecular formula is C5H9NS. The first-order valence-corrected chi connectivity index (χ1v) is 3.50. The maximum absolute atomic E-state index is 4.07. The van der Waals surface area contributed by atoms with Crippen LogP contribution in [-0.2, 0) is 0 Å². The molecule has 0 N–H and O–H groups in total. The van der Waals surface area contributed by atoms with Crippen LogP contribution in [0, 0.1) is 0 Å². The van der Waals surface area contributed by atoms with Crippen molar-refractivity contribution in [2.45, 2.75) is 12.8 Å². The highest BCUT2D eigenvalue weighted by atomic mass is 32.2. The van der Waals surface area contributed by atoms with Gasteiger partial charge in [0.25, 0.3) is 0 Å². The Balaban J connectivity index is 2.41. The molecule has 7 heavy (non-hydrogen) atoms. The minimum Gasteiger partial charge on any atom is -0.286 e. The molecule has 1 aliphatic heterocycles. The van der Waals surface area contributed by atoms with E-state index in [1.165, 1.54) is 23.6 Å². The molecule has 0 amide bonds. The van der Waals surface area contributed by atoms with Crippen molar-refractivity contribution in [3.8, 4) is 0 Å². The van der Waals surface area contributed by atoms with Gasteiger partial charge in [-0.1, -0.05) is 0 Å². The Labute approximate surface area is 48.2 Å². The smallest absolute Gasteiger partial charge is 0.0672 e. The number of rotatable bonds is 0. The molecule has 0 aromatic rings. The van der Waals surface area contributed by atoms with Crippen molar-refractivity contribution in [3.05, 3.63) is 0 Å². The van der Waals surface area contributed by atoms with Crippen LogP contribution in [0.2, 0.25) is 0 Å². The van der Waals surface area contributed by atoms with Crippen LogP contribution in [-0.4, -0.2) is 17.8 Å². The van der Waals surface area contributed by atoms with Gasteiger partial charge in [0.15, 0.2) is 0 Å². The van der Waals surface area contributed by atoms with Gasteiger partial charge in [-0.05, 0) is 18.6 Å². The molecule has 1 rings (SSSR count). The third-order valence-electron chi connectivity index (χ3n) is 1.05. The van der Waals surface area contributed by atoms with Gasteiger partial charge in [-0.2, -0.15) is 0 Å². The average Bonchev–Trinajstić information content (AvgIpc) is 2.14. The second kappa shape index (κ2) is 2.36. The zero-order chi connectivity index (χ0) is 5.11. The van der Waals surface area contributed by atoms with Gasteiger partial charge in [-0.3, -0.25) is 4.99 Å². The number of aliphatic imine (C=N–C) groups is 1. The van der Waals surface area contributed by atoms with Gasteiger partial charge < -0.3 is 0 Å². The summed E-state index contributed by atoms with van der Waals surface area (Å²) in [4.78, 5) is 4.07. The molecule has 1 nitrogen and oxygen atoms in total. The summed E-state index contributed by atoms with van der Waals surface area (Å²) in [6, 6.07) is 0. The first-order valence-electron chi connectivity index (χ1n) is 2.52. The van der Waals surface area contributed by atoms with Crippen LogP contribution in [0.15, 0.2) is 4.99 Å². The van der Waals surface area contributed by atoms with Crippen molar-refractivity contribution in [2.24, 2.45) is 4.99 Å². The Hall–Kier alpha value is 0.0200. The van der Waals surface area contributed by atoms with E-state index in [1.807, 2.05) is 18.8 Å². The zero-order valence-electron chi connectivity index (χ0n) is 4.48.